The van der Waals surface area contributed by atoms with Gasteiger partial charge in [-0.2, -0.15) is 11.8 Å². The summed E-state index contributed by atoms with van der Waals surface area (Å²) in [5, 5.41) is 0. The zero-order valence-electron chi connectivity index (χ0n) is 9.47. The van der Waals surface area contributed by atoms with Crippen LogP contribution in [0.15, 0.2) is 12.4 Å². The first-order valence-corrected chi connectivity index (χ1v) is 6.31. The first-order chi connectivity index (χ1) is 7.20. The van der Waals surface area contributed by atoms with Crippen LogP contribution >= 0.6 is 11.8 Å². The van der Waals surface area contributed by atoms with E-state index in [1.807, 2.05) is 18.8 Å². The standard InChI is InChI=1S/C10H18N4S/c1-8(7-15-3)14(2)10-9(6-11)12-4-5-13-10/h4-5,8H,6-7,11H2,1-3H3. The van der Waals surface area contributed by atoms with Crippen molar-refractivity contribution in [1.29, 1.82) is 0 Å². The Kier molecular flexibility index (Phi) is 4.84. The zero-order valence-corrected chi connectivity index (χ0v) is 10.3. The van der Waals surface area contributed by atoms with Crippen LogP contribution in [0.3, 0.4) is 0 Å². The van der Waals surface area contributed by atoms with Gasteiger partial charge in [-0.05, 0) is 13.2 Å². The highest BCUT2D eigenvalue weighted by molar-refractivity contribution is 7.98. The molecular formula is C10H18N4S. The normalized spacial score (nSPS) is 12.5. The summed E-state index contributed by atoms with van der Waals surface area (Å²) >= 11 is 1.83. The summed E-state index contributed by atoms with van der Waals surface area (Å²) < 4.78 is 0. The van der Waals surface area contributed by atoms with Crippen molar-refractivity contribution in [2.45, 2.75) is 19.5 Å². The second kappa shape index (κ2) is 5.92. The molecule has 0 amide bonds. The van der Waals surface area contributed by atoms with E-state index in [-0.39, 0.29) is 0 Å². The lowest BCUT2D eigenvalue weighted by atomic mass is 10.3. The number of rotatable bonds is 5. The van der Waals surface area contributed by atoms with Gasteiger partial charge >= 0.3 is 0 Å². The molecule has 2 N–H and O–H groups in total. The molecule has 0 aliphatic rings. The number of aromatic nitrogens is 2. The fourth-order valence-corrected chi connectivity index (χ4v) is 2.07. The first kappa shape index (κ1) is 12.3. The van der Waals surface area contributed by atoms with E-state index in [2.05, 4.69) is 28.0 Å². The van der Waals surface area contributed by atoms with Crippen molar-refractivity contribution in [3.63, 3.8) is 0 Å². The lowest BCUT2D eigenvalue weighted by Crippen LogP contribution is -2.32. The smallest absolute Gasteiger partial charge is 0.151 e. The lowest BCUT2D eigenvalue weighted by molar-refractivity contribution is 0.740. The average Bonchev–Trinajstić information content (AvgIpc) is 2.28. The van der Waals surface area contributed by atoms with E-state index in [1.165, 1.54) is 0 Å². The molecule has 0 saturated heterocycles. The topological polar surface area (TPSA) is 55.0 Å². The van der Waals surface area contributed by atoms with Gasteiger partial charge in [0.2, 0.25) is 0 Å². The van der Waals surface area contributed by atoms with E-state index in [0.717, 1.165) is 17.3 Å². The van der Waals surface area contributed by atoms with Gasteiger partial charge in [-0.15, -0.1) is 0 Å². The zero-order chi connectivity index (χ0) is 11.3. The summed E-state index contributed by atoms with van der Waals surface area (Å²) in [7, 11) is 2.03. The highest BCUT2D eigenvalue weighted by Crippen LogP contribution is 2.16. The van der Waals surface area contributed by atoms with Crippen LogP contribution < -0.4 is 10.6 Å². The van der Waals surface area contributed by atoms with Crippen molar-refractivity contribution in [3.8, 4) is 0 Å². The van der Waals surface area contributed by atoms with Gasteiger partial charge in [-0.1, -0.05) is 0 Å². The van der Waals surface area contributed by atoms with Crippen molar-refractivity contribution in [1.82, 2.24) is 9.97 Å². The van der Waals surface area contributed by atoms with E-state index in [4.69, 9.17) is 5.73 Å². The Labute approximate surface area is 95.3 Å². The number of nitrogens with two attached hydrogens (primary N) is 1. The molecule has 4 nitrogen and oxygen atoms in total. The maximum Gasteiger partial charge on any atom is 0.151 e. The molecule has 1 aromatic rings. The fourth-order valence-electron chi connectivity index (χ4n) is 1.36. The first-order valence-electron chi connectivity index (χ1n) is 4.92. The van der Waals surface area contributed by atoms with E-state index < -0.39 is 0 Å². The molecule has 0 aliphatic heterocycles. The quantitative estimate of drug-likeness (QED) is 0.815. The maximum atomic E-state index is 5.63. The molecule has 84 valence electrons. The van der Waals surface area contributed by atoms with Crippen LogP contribution in [-0.2, 0) is 6.54 Å². The predicted octanol–water partition coefficient (Wildman–Crippen LogP) is 1.12. The second-order valence-corrected chi connectivity index (χ2v) is 4.36. The molecule has 0 aromatic carbocycles. The molecule has 0 radical (unpaired) electrons. The summed E-state index contributed by atoms with van der Waals surface area (Å²) in [5.41, 5.74) is 6.48. The average molecular weight is 226 g/mol. The van der Waals surface area contributed by atoms with Crippen molar-refractivity contribution in [3.05, 3.63) is 18.1 Å². The summed E-state index contributed by atoms with van der Waals surface area (Å²) in [6, 6.07) is 0.432. The molecule has 1 unspecified atom stereocenters. The van der Waals surface area contributed by atoms with E-state index in [0.29, 0.717) is 12.6 Å². The third-order valence-electron chi connectivity index (χ3n) is 2.35. The summed E-state index contributed by atoms with van der Waals surface area (Å²) in [4.78, 5) is 10.7. The van der Waals surface area contributed by atoms with Crippen LogP contribution in [0.4, 0.5) is 5.82 Å². The molecule has 1 atom stereocenters. The molecule has 0 spiro atoms. The van der Waals surface area contributed by atoms with E-state index >= 15 is 0 Å². The van der Waals surface area contributed by atoms with Crippen LogP contribution in [0.25, 0.3) is 0 Å². The van der Waals surface area contributed by atoms with Gasteiger partial charge in [0.1, 0.15) is 0 Å². The van der Waals surface area contributed by atoms with E-state index in [9.17, 15) is 0 Å². The molecule has 0 fully saturated rings. The van der Waals surface area contributed by atoms with Crippen molar-refractivity contribution < 1.29 is 0 Å². The maximum absolute atomic E-state index is 5.63. The lowest BCUT2D eigenvalue weighted by Gasteiger charge is -2.26. The summed E-state index contributed by atoms with van der Waals surface area (Å²) in [6.45, 7) is 2.60. The number of hydrogen-bond donors (Lipinski definition) is 1. The molecule has 0 aliphatic carbocycles. The Morgan fingerprint density at radius 3 is 2.73 bits per heavy atom. The van der Waals surface area contributed by atoms with Crippen LogP contribution in [0.1, 0.15) is 12.6 Å². The Morgan fingerprint density at radius 1 is 1.47 bits per heavy atom. The van der Waals surface area contributed by atoms with Gasteiger partial charge in [0.25, 0.3) is 0 Å². The monoisotopic (exact) mass is 226 g/mol. The number of thioether (sulfide) groups is 1. The molecule has 1 heterocycles. The molecule has 5 heteroatoms. The van der Waals surface area contributed by atoms with Crippen LogP contribution in [0, 0.1) is 0 Å². The Bertz CT molecular complexity index is 305. The van der Waals surface area contributed by atoms with E-state index in [1.54, 1.807) is 12.4 Å². The second-order valence-electron chi connectivity index (χ2n) is 3.45. The Balaban J connectivity index is 2.84. The third-order valence-corrected chi connectivity index (χ3v) is 3.16. The molecule has 1 aromatic heterocycles. The van der Waals surface area contributed by atoms with Gasteiger partial charge in [0, 0.05) is 37.8 Å². The van der Waals surface area contributed by atoms with Gasteiger partial charge in [0.05, 0.1) is 5.69 Å². The van der Waals surface area contributed by atoms with Crippen LogP contribution in [-0.4, -0.2) is 35.1 Å². The van der Waals surface area contributed by atoms with Gasteiger partial charge in [0.15, 0.2) is 5.82 Å². The van der Waals surface area contributed by atoms with Gasteiger partial charge in [-0.3, -0.25) is 4.98 Å². The fraction of sp³-hybridized carbons (Fsp3) is 0.600. The SMILES string of the molecule is CSCC(C)N(C)c1nccnc1CN. The predicted molar refractivity (Wildman–Crippen MR) is 66.2 cm³/mol. The summed E-state index contributed by atoms with van der Waals surface area (Å²) in [5.74, 6) is 1.96. The van der Waals surface area contributed by atoms with Crippen molar-refractivity contribution in [2.75, 3.05) is 24.0 Å². The number of nitrogens with zero attached hydrogens (tertiary/aromatic N) is 3. The van der Waals surface area contributed by atoms with Crippen molar-refractivity contribution in [2.24, 2.45) is 5.73 Å². The number of hydrogen-bond acceptors (Lipinski definition) is 5. The minimum absolute atomic E-state index is 0.430. The number of anilines is 1. The third kappa shape index (κ3) is 3.07. The highest BCUT2D eigenvalue weighted by atomic mass is 32.2. The highest BCUT2D eigenvalue weighted by Gasteiger charge is 2.14. The molecule has 15 heavy (non-hydrogen) atoms. The van der Waals surface area contributed by atoms with Gasteiger partial charge in [-0.25, -0.2) is 4.98 Å². The Hall–Kier alpha value is -0.810. The minimum Gasteiger partial charge on any atom is -0.355 e. The molecule has 1 rings (SSSR count). The minimum atomic E-state index is 0.430. The van der Waals surface area contributed by atoms with Gasteiger partial charge < -0.3 is 10.6 Å². The molecular weight excluding hydrogens is 208 g/mol. The van der Waals surface area contributed by atoms with Crippen LogP contribution in [0.5, 0.6) is 0 Å². The molecule has 0 saturated carbocycles. The molecule has 0 bridgehead atoms. The van der Waals surface area contributed by atoms with Crippen LogP contribution in [0.2, 0.25) is 0 Å². The summed E-state index contributed by atoms with van der Waals surface area (Å²) in [6.07, 6.45) is 5.49. The van der Waals surface area contributed by atoms with Crippen molar-refractivity contribution >= 4 is 17.6 Å². The largest absolute Gasteiger partial charge is 0.355 e. The Morgan fingerprint density at radius 2 is 2.13 bits per heavy atom.